The van der Waals surface area contributed by atoms with Crippen molar-refractivity contribution >= 4 is 11.7 Å². The Bertz CT molecular complexity index is 1270. The Labute approximate surface area is 191 Å². The van der Waals surface area contributed by atoms with E-state index in [1.807, 2.05) is 36.4 Å². The molecule has 0 bridgehead atoms. The molecule has 5 rings (SSSR count). The quantitative estimate of drug-likeness (QED) is 0.434. The van der Waals surface area contributed by atoms with Crippen molar-refractivity contribution < 1.29 is 9.53 Å². The van der Waals surface area contributed by atoms with Gasteiger partial charge in [0.05, 0.1) is 43.2 Å². The number of aromatic nitrogens is 6. The second-order valence-electron chi connectivity index (χ2n) is 8.25. The van der Waals surface area contributed by atoms with E-state index in [0.717, 1.165) is 16.8 Å². The number of ether oxygens (including phenoxy) is 1. The van der Waals surface area contributed by atoms with E-state index in [0.29, 0.717) is 42.2 Å². The van der Waals surface area contributed by atoms with E-state index in [2.05, 4.69) is 34.0 Å². The highest BCUT2D eigenvalue weighted by atomic mass is 16.5. The minimum Gasteiger partial charge on any atom is -0.477 e. The van der Waals surface area contributed by atoms with E-state index in [1.165, 1.54) is 0 Å². The lowest BCUT2D eigenvalue weighted by molar-refractivity contribution is -0.117. The van der Waals surface area contributed by atoms with Gasteiger partial charge in [-0.2, -0.15) is 15.0 Å². The van der Waals surface area contributed by atoms with Crippen LogP contribution < -0.4 is 9.64 Å². The molecule has 0 unspecified atom stereocenters. The first kappa shape index (κ1) is 20.7. The highest BCUT2D eigenvalue weighted by Crippen LogP contribution is 2.32. The van der Waals surface area contributed by atoms with Crippen LogP contribution in [-0.2, 0) is 17.8 Å². The van der Waals surface area contributed by atoms with Gasteiger partial charge in [-0.15, -0.1) is 0 Å². The molecule has 0 saturated heterocycles. The predicted octanol–water partition coefficient (Wildman–Crippen LogP) is 3.24. The van der Waals surface area contributed by atoms with E-state index >= 15 is 0 Å². The summed E-state index contributed by atoms with van der Waals surface area (Å²) in [7, 11) is 0. The number of rotatable bonds is 7. The molecule has 0 radical (unpaired) electrons. The number of carbonyl (C=O) groups excluding carboxylic acids is 1. The second-order valence-corrected chi connectivity index (χ2v) is 8.25. The minimum atomic E-state index is -0.00302. The maximum absolute atomic E-state index is 12.8. The average Bonchev–Trinajstić information content (AvgIpc) is 3.47. The molecule has 166 valence electrons. The van der Waals surface area contributed by atoms with Crippen LogP contribution >= 0.6 is 0 Å². The van der Waals surface area contributed by atoms with Gasteiger partial charge in [0.25, 0.3) is 0 Å². The minimum absolute atomic E-state index is 0.00302. The molecular formula is C24H23N7O2. The number of hydrogen-bond donors (Lipinski definition) is 0. The molecule has 0 saturated carbocycles. The lowest BCUT2D eigenvalue weighted by atomic mass is 10.2. The fourth-order valence-electron chi connectivity index (χ4n) is 3.61. The second kappa shape index (κ2) is 8.78. The highest BCUT2D eigenvalue weighted by Gasteiger charge is 2.30. The third-order valence-corrected chi connectivity index (χ3v) is 5.23. The van der Waals surface area contributed by atoms with Crippen LogP contribution in [0.15, 0.2) is 61.2 Å². The van der Waals surface area contributed by atoms with Gasteiger partial charge >= 0.3 is 0 Å². The number of fused-ring (bicyclic) bond motifs is 1. The van der Waals surface area contributed by atoms with Gasteiger partial charge in [0.2, 0.25) is 11.8 Å². The molecule has 4 aromatic rings. The third kappa shape index (κ3) is 4.30. The molecule has 0 fully saturated rings. The molecule has 9 nitrogen and oxygen atoms in total. The zero-order chi connectivity index (χ0) is 22.8. The van der Waals surface area contributed by atoms with Gasteiger partial charge in [-0.1, -0.05) is 26.0 Å². The van der Waals surface area contributed by atoms with Gasteiger partial charge in [-0.05, 0) is 35.7 Å². The average molecular weight is 441 g/mol. The zero-order valence-electron chi connectivity index (χ0n) is 18.4. The van der Waals surface area contributed by atoms with Crippen molar-refractivity contribution in [1.82, 2.24) is 29.9 Å². The zero-order valence-corrected chi connectivity index (χ0v) is 18.4. The summed E-state index contributed by atoms with van der Waals surface area (Å²) in [6.07, 6.45) is 6.96. The summed E-state index contributed by atoms with van der Waals surface area (Å²) < 4.78 is 5.87. The Morgan fingerprint density at radius 3 is 2.58 bits per heavy atom. The fourth-order valence-corrected chi connectivity index (χ4v) is 3.61. The van der Waals surface area contributed by atoms with Crippen LogP contribution in [0.1, 0.15) is 25.0 Å². The van der Waals surface area contributed by atoms with Crippen molar-refractivity contribution in [3.05, 3.63) is 72.3 Å². The fraction of sp³-hybridized carbons (Fsp3) is 0.250. The normalized spacial score (nSPS) is 12.9. The predicted molar refractivity (Wildman–Crippen MR) is 122 cm³/mol. The summed E-state index contributed by atoms with van der Waals surface area (Å²) in [6, 6.07) is 11.5. The van der Waals surface area contributed by atoms with Crippen LogP contribution in [0.25, 0.3) is 17.1 Å². The molecule has 1 aliphatic heterocycles. The Hall–Kier alpha value is -4.14. The molecule has 1 aliphatic rings. The van der Waals surface area contributed by atoms with Crippen LogP contribution in [0.3, 0.4) is 0 Å². The standard InChI is InChI=1S/C24H23N7O2/c1-16(2)15-33-24-20(4-3-9-25-24)22-26-13-18-12-21(32)30(23(18)29-22)14-17-5-7-19(8-6-17)31-27-10-11-28-31/h3-11,13,16H,12,14-15H2,1-2H3. The van der Waals surface area contributed by atoms with Gasteiger partial charge in [0, 0.05) is 18.0 Å². The van der Waals surface area contributed by atoms with Crippen molar-refractivity contribution in [2.24, 2.45) is 5.92 Å². The van der Waals surface area contributed by atoms with Crippen molar-refractivity contribution in [3.63, 3.8) is 0 Å². The van der Waals surface area contributed by atoms with Crippen LogP contribution in [0, 0.1) is 5.92 Å². The molecule has 1 aromatic carbocycles. The largest absolute Gasteiger partial charge is 0.477 e. The van der Waals surface area contributed by atoms with Crippen LogP contribution in [-0.4, -0.2) is 42.5 Å². The van der Waals surface area contributed by atoms with Crippen molar-refractivity contribution in [1.29, 1.82) is 0 Å². The maximum Gasteiger partial charge on any atom is 0.233 e. The molecule has 0 atom stereocenters. The number of carbonyl (C=O) groups is 1. The number of nitrogens with zero attached hydrogens (tertiary/aromatic N) is 7. The third-order valence-electron chi connectivity index (χ3n) is 5.23. The monoisotopic (exact) mass is 441 g/mol. The summed E-state index contributed by atoms with van der Waals surface area (Å²) in [5, 5.41) is 8.28. The molecule has 0 spiro atoms. The SMILES string of the molecule is CC(C)COc1ncccc1-c1ncc2c(n1)N(Cc1ccc(-n3nccn3)cc1)C(=O)C2. The summed E-state index contributed by atoms with van der Waals surface area (Å²) in [5.41, 5.74) is 3.35. The van der Waals surface area contributed by atoms with Gasteiger partial charge < -0.3 is 4.74 Å². The van der Waals surface area contributed by atoms with Crippen molar-refractivity contribution in [2.75, 3.05) is 11.5 Å². The smallest absolute Gasteiger partial charge is 0.233 e. The Kier molecular flexibility index (Phi) is 5.52. The first-order valence-electron chi connectivity index (χ1n) is 10.8. The summed E-state index contributed by atoms with van der Waals surface area (Å²) in [4.78, 5) is 29.6. The Morgan fingerprint density at radius 2 is 1.82 bits per heavy atom. The molecule has 9 heteroatoms. The molecular weight excluding hydrogens is 418 g/mol. The number of amides is 1. The first-order chi connectivity index (χ1) is 16.1. The van der Waals surface area contributed by atoms with E-state index in [1.54, 1.807) is 34.5 Å². The number of pyridine rings is 1. The molecule has 33 heavy (non-hydrogen) atoms. The maximum atomic E-state index is 12.8. The summed E-state index contributed by atoms with van der Waals surface area (Å²) in [6.45, 7) is 5.12. The number of benzene rings is 1. The Morgan fingerprint density at radius 1 is 1.03 bits per heavy atom. The molecule has 1 amide bonds. The number of anilines is 1. The van der Waals surface area contributed by atoms with Gasteiger partial charge in [-0.25, -0.2) is 15.0 Å². The van der Waals surface area contributed by atoms with Gasteiger partial charge in [0.15, 0.2) is 5.82 Å². The van der Waals surface area contributed by atoms with Crippen molar-refractivity contribution in [2.45, 2.75) is 26.8 Å². The van der Waals surface area contributed by atoms with E-state index in [-0.39, 0.29) is 12.3 Å². The molecule has 0 N–H and O–H groups in total. The molecule has 4 heterocycles. The van der Waals surface area contributed by atoms with Gasteiger partial charge in [-0.3, -0.25) is 9.69 Å². The van der Waals surface area contributed by atoms with Crippen molar-refractivity contribution in [3.8, 4) is 23.0 Å². The molecule has 3 aromatic heterocycles. The van der Waals surface area contributed by atoms with E-state index in [4.69, 9.17) is 9.72 Å². The topological polar surface area (TPSA) is 98.9 Å². The summed E-state index contributed by atoms with van der Waals surface area (Å²) in [5.74, 6) is 1.97. The van der Waals surface area contributed by atoms with E-state index in [9.17, 15) is 4.79 Å². The van der Waals surface area contributed by atoms with Gasteiger partial charge in [0.1, 0.15) is 5.82 Å². The van der Waals surface area contributed by atoms with Crippen LogP contribution in [0.2, 0.25) is 0 Å². The molecule has 0 aliphatic carbocycles. The lowest BCUT2D eigenvalue weighted by Gasteiger charge is -2.17. The van der Waals surface area contributed by atoms with E-state index < -0.39 is 0 Å². The lowest BCUT2D eigenvalue weighted by Crippen LogP contribution is -2.26. The first-order valence-corrected chi connectivity index (χ1v) is 10.8. The highest BCUT2D eigenvalue weighted by molar-refractivity contribution is 6.00. The van der Waals surface area contributed by atoms with Crippen LogP contribution in [0.5, 0.6) is 5.88 Å². The van der Waals surface area contributed by atoms with Crippen LogP contribution in [0.4, 0.5) is 5.82 Å². The summed E-state index contributed by atoms with van der Waals surface area (Å²) >= 11 is 0. The number of hydrogen-bond acceptors (Lipinski definition) is 7. The Balaban J connectivity index is 1.41.